The van der Waals surface area contributed by atoms with Gasteiger partial charge in [0.15, 0.2) is 5.75 Å². The molecule has 0 heterocycles. The zero-order valence-electron chi connectivity index (χ0n) is 9.82. The molecule has 0 fully saturated rings. The molecule has 0 aliphatic carbocycles. The molecular formula is C11H14ClNO4. The number of hydrogen-bond donors (Lipinski definition) is 1. The fourth-order valence-corrected chi connectivity index (χ4v) is 1.08. The average molecular weight is 260 g/mol. The van der Waals surface area contributed by atoms with Crippen molar-refractivity contribution in [3.05, 3.63) is 29.3 Å². The van der Waals surface area contributed by atoms with E-state index in [1.807, 2.05) is 5.48 Å². The van der Waals surface area contributed by atoms with Crippen LogP contribution in [0.2, 0.25) is 5.02 Å². The van der Waals surface area contributed by atoms with E-state index in [4.69, 9.17) is 21.2 Å². The Labute approximate surface area is 104 Å². The van der Waals surface area contributed by atoms with Crippen LogP contribution >= 0.6 is 11.6 Å². The number of para-hydroxylation sites is 1. The molecule has 1 aromatic carbocycles. The Balaban J connectivity index is 2.34. The number of rotatable bonds is 3. The van der Waals surface area contributed by atoms with Gasteiger partial charge in [-0.2, -0.15) is 5.48 Å². The third-order valence-electron chi connectivity index (χ3n) is 1.49. The molecule has 1 N–H and O–H groups in total. The fraction of sp³-hybridized carbons (Fsp3) is 0.364. The van der Waals surface area contributed by atoms with Crippen molar-refractivity contribution in [1.82, 2.24) is 5.48 Å². The predicted octanol–water partition coefficient (Wildman–Crippen LogP) is 3.09. The largest absolute Gasteiger partial charge is 0.442 e. The van der Waals surface area contributed by atoms with Gasteiger partial charge in [0.25, 0.3) is 0 Å². The van der Waals surface area contributed by atoms with Crippen LogP contribution in [0.25, 0.3) is 0 Å². The molecule has 0 spiro atoms. The van der Waals surface area contributed by atoms with E-state index in [0.29, 0.717) is 10.8 Å². The van der Waals surface area contributed by atoms with E-state index in [0.717, 1.165) is 0 Å². The maximum absolute atomic E-state index is 11.2. The highest BCUT2D eigenvalue weighted by atomic mass is 35.5. The molecule has 1 amide bonds. The summed E-state index contributed by atoms with van der Waals surface area (Å²) in [5.41, 5.74) is 1.37. The number of carbonyl (C=O) groups excluding carboxylic acids is 1. The van der Waals surface area contributed by atoms with E-state index >= 15 is 0 Å². The quantitative estimate of drug-likeness (QED) is 0.669. The zero-order chi connectivity index (χ0) is 12.9. The Morgan fingerprint density at radius 1 is 1.29 bits per heavy atom. The topological polar surface area (TPSA) is 56.8 Å². The van der Waals surface area contributed by atoms with Gasteiger partial charge in [0.05, 0.1) is 5.02 Å². The first-order chi connectivity index (χ1) is 7.88. The molecule has 0 bridgehead atoms. The number of halogens is 1. The monoisotopic (exact) mass is 259 g/mol. The van der Waals surface area contributed by atoms with Gasteiger partial charge in [-0.3, -0.25) is 0 Å². The smallest absolute Gasteiger partial charge is 0.435 e. The molecular weight excluding hydrogens is 246 g/mol. The Morgan fingerprint density at radius 3 is 2.53 bits per heavy atom. The lowest BCUT2D eigenvalue weighted by Crippen LogP contribution is -2.33. The third kappa shape index (κ3) is 5.42. The molecule has 0 unspecified atom stereocenters. The minimum absolute atomic E-state index is 0.297. The van der Waals surface area contributed by atoms with Crippen molar-refractivity contribution in [2.75, 3.05) is 0 Å². The van der Waals surface area contributed by atoms with Gasteiger partial charge < -0.3 is 9.62 Å². The van der Waals surface area contributed by atoms with Crippen LogP contribution in [0.5, 0.6) is 5.75 Å². The first-order valence-electron chi connectivity index (χ1n) is 4.95. The lowest BCUT2D eigenvalue weighted by molar-refractivity contribution is -0.248. The van der Waals surface area contributed by atoms with Gasteiger partial charge in [0.2, 0.25) is 0 Å². The van der Waals surface area contributed by atoms with Crippen LogP contribution in [0.3, 0.4) is 0 Å². The van der Waals surface area contributed by atoms with Crippen LogP contribution in [0.15, 0.2) is 24.3 Å². The molecule has 1 rings (SSSR count). The normalized spacial score (nSPS) is 10.8. The number of carbonyl (C=O) groups is 1. The lowest BCUT2D eigenvalue weighted by atomic mass is 10.2. The van der Waals surface area contributed by atoms with E-state index < -0.39 is 11.7 Å². The van der Waals surface area contributed by atoms with Crippen molar-refractivity contribution < 1.29 is 19.4 Å². The minimum Gasteiger partial charge on any atom is -0.442 e. The second-order valence-electron chi connectivity index (χ2n) is 4.20. The summed E-state index contributed by atoms with van der Waals surface area (Å²) < 4.78 is 4.92. The summed E-state index contributed by atoms with van der Waals surface area (Å²) in [5, 5.41) is 0.374. The van der Waals surface area contributed by atoms with E-state index in [1.165, 1.54) is 0 Å². The van der Waals surface area contributed by atoms with Crippen molar-refractivity contribution in [3.8, 4) is 5.75 Å². The van der Waals surface area contributed by atoms with Crippen molar-refractivity contribution in [3.63, 3.8) is 0 Å². The van der Waals surface area contributed by atoms with Gasteiger partial charge in [0.1, 0.15) is 5.60 Å². The highest BCUT2D eigenvalue weighted by Gasteiger charge is 2.16. The standard InChI is InChI=1S/C11H14ClNO4/c1-11(2,3)15-10(14)13-17-16-9-7-5-4-6-8(9)12/h4-7H,1-3H3,(H,13,14). The molecule has 17 heavy (non-hydrogen) atoms. The van der Waals surface area contributed by atoms with Crippen LogP contribution in [0.4, 0.5) is 4.79 Å². The molecule has 1 aromatic rings. The molecule has 0 aliphatic heterocycles. The van der Waals surface area contributed by atoms with E-state index in [1.54, 1.807) is 45.0 Å². The number of benzene rings is 1. The highest BCUT2D eigenvalue weighted by molar-refractivity contribution is 6.32. The molecule has 0 aliphatic rings. The number of hydroxylamine groups is 1. The van der Waals surface area contributed by atoms with Crippen molar-refractivity contribution in [2.24, 2.45) is 0 Å². The average Bonchev–Trinajstić information content (AvgIpc) is 2.18. The summed E-state index contributed by atoms with van der Waals surface area (Å²) >= 11 is 5.80. The van der Waals surface area contributed by atoms with E-state index in [9.17, 15) is 4.79 Å². The Hall–Kier alpha value is -1.46. The summed E-state index contributed by atoms with van der Waals surface area (Å²) in [4.78, 5) is 20.4. The number of nitrogens with one attached hydrogen (secondary N) is 1. The summed E-state index contributed by atoms with van der Waals surface area (Å²) in [5.74, 6) is 0.297. The molecule has 0 atom stereocenters. The van der Waals surface area contributed by atoms with Crippen LogP contribution < -0.4 is 10.4 Å². The van der Waals surface area contributed by atoms with Gasteiger partial charge in [0, 0.05) is 0 Å². The summed E-state index contributed by atoms with van der Waals surface area (Å²) in [6, 6.07) is 6.70. The number of hydrogen-bond acceptors (Lipinski definition) is 4. The first kappa shape index (κ1) is 13.6. The summed E-state index contributed by atoms with van der Waals surface area (Å²) in [6.07, 6.45) is -0.746. The fourth-order valence-electron chi connectivity index (χ4n) is 0.911. The molecule has 0 saturated heterocycles. The maximum Gasteiger partial charge on any atom is 0.435 e. The minimum atomic E-state index is -0.746. The van der Waals surface area contributed by atoms with E-state index in [-0.39, 0.29) is 0 Å². The van der Waals surface area contributed by atoms with Gasteiger partial charge in [-0.25, -0.2) is 4.79 Å². The number of amides is 1. The predicted molar refractivity (Wildman–Crippen MR) is 62.5 cm³/mol. The second-order valence-corrected chi connectivity index (χ2v) is 4.61. The highest BCUT2D eigenvalue weighted by Crippen LogP contribution is 2.22. The summed E-state index contributed by atoms with van der Waals surface area (Å²) in [7, 11) is 0. The Bertz CT molecular complexity index is 389. The van der Waals surface area contributed by atoms with Crippen LogP contribution in [-0.2, 0) is 9.73 Å². The molecule has 94 valence electrons. The van der Waals surface area contributed by atoms with Gasteiger partial charge in [-0.05, 0) is 32.9 Å². The third-order valence-corrected chi connectivity index (χ3v) is 1.80. The molecule has 6 heteroatoms. The van der Waals surface area contributed by atoms with Crippen LogP contribution in [0, 0.1) is 0 Å². The van der Waals surface area contributed by atoms with Crippen molar-refractivity contribution >= 4 is 17.7 Å². The molecule has 0 radical (unpaired) electrons. The number of ether oxygens (including phenoxy) is 1. The van der Waals surface area contributed by atoms with Crippen LogP contribution in [0.1, 0.15) is 20.8 Å². The van der Waals surface area contributed by atoms with Crippen molar-refractivity contribution in [1.29, 1.82) is 0 Å². The summed E-state index contributed by atoms with van der Waals surface area (Å²) in [6.45, 7) is 5.21. The van der Waals surface area contributed by atoms with E-state index in [2.05, 4.69) is 4.99 Å². The Kier molecular flexibility index (Phi) is 4.60. The maximum atomic E-state index is 11.2. The van der Waals surface area contributed by atoms with Gasteiger partial charge in [-0.1, -0.05) is 28.7 Å². The van der Waals surface area contributed by atoms with Gasteiger partial charge >= 0.3 is 6.09 Å². The Morgan fingerprint density at radius 2 is 1.94 bits per heavy atom. The SMILES string of the molecule is CC(C)(C)OC(=O)NOOc1ccccc1Cl. The lowest BCUT2D eigenvalue weighted by Gasteiger charge is -2.18. The van der Waals surface area contributed by atoms with Crippen molar-refractivity contribution in [2.45, 2.75) is 26.4 Å². The second kappa shape index (κ2) is 5.75. The molecule has 0 saturated carbocycles. The molecule has 0 aromatic heterocycles. The molecule has 5 nitrogen and oxygen atoms in total. The zero-order valence-corrected chi connectivity index (χ0v) is 10.6. The first-order valence-corrected chi connectivity index (χ1v) is 5.33. The van der Waals surface area contributed by atoms with Crippen LogP contribution in [-0.4, -0.2) is 11.7 Å². The van der Waals surface area contributed by atoms with Gasteiger partial charge in [-0.15, -0.1) is 0 Å².